The van der Waals surface area contributed by atoms with Crippen LogP contribution in [0, 0.1) is 6.92 Å². The van der Waals surface area contributed by atoms with Gasteiger partial charge in [0.15, 0.2) is 0 Å². The number of carbonyl (C=O) groups is 1. The number of benzene rings is 2. The molecule has 2 aromatic carbocycles. The number of amides is 1. The fourth-order valence-corrected chi connectivity index (χ4v) is 3.87. The number of aryl methyl sites for hydroxylation is 1. The van der Waals surface area contributed by atoms with Gasteiger partial charge in [0, 0.05) is 29.1 Å². The average molecular weight is 412 g/mol. The number of nitrogens with one attached hydrogen (secondary N) is 1. The third kappa shape index (κ3) is 5.62. The molecule has 1 heterocycles. The molecule has 0 spiro atoms. The Morgan fingerprint density at radius 3 is 2.45 bits per heavy atom. The van der Waals surface area contributed by atoms with Crippen molar-refractivity contribution in [3.8, 4) is 11.5 Å². The summed E-state index contributed by atoms with van der Waals surface area (Å²) in [5.74, 6) is 1.30. The molecule has 0 aliphatic heterocycles. The normalized spacial score (nSPS) is 12.1. The van der Waals surface area contributed by atoms with E-state index in [1.54, 1.807) is 12.1 Å². The van der Waals surface area contributed by atoms with Crippen LogP contribution in [0.3, 0.4) is 0 Å². The minimum absolute atomic E-state index is 0.110. The van der Waals surface area contributed by atoms with Crippen LogP contribution in [-0.4, -0.2) is 47.2 Å². The van der Waals surface area contributed by atoms with Crippen LogP contribution in [0.1, 0.15) is 21.8 Å². The molecule has 0 radical (unpaired) electrons. The molecule has 3 aromatic rings. The van der Waals surface area contributed by atoms with E-state index in [9.17, 15) is 9.00 Å². The predicted octanol–water partition coefficient (Wildman–Crippen LogP) is 3.25. The van der Waals surface area contributed by atoms with Gasteiger partial charge in [0.2, 0.25) is 5.89 Å². The number of likely N-dealkylation sites (N-methyl/N-ethyl adjacent to an activating group) is 1. The third-order valence-corrected chi connectivity index (χ3v) is 5.74. The number of nitrogens with zero attached hydrogens (tertiary/aromatic N) is 2. The number of hydrogen-bond acceptors (Lipinski definition) is 5. The molecule has 3 rings (SSSR count). The lowest BCUT2D eigenvalue weighted by Crippen LogP contribution is -2.31. The Morgan fingerprint density at radius 2 is 1.79 bits per heavy atom. The minimum atomic E-state index is -1.18. The summed E-state index contributed by atoms with van der Waals surface area (Å²) in [7, 11) is 2.74. The van der Waals surface area contributed by atoms with Crippen molar-refractivity contribution in [2.75, 3.05) is 27.2 Å². The lowest BCUT2D eigenvalue weighted by atomic mass is 10.1. The highest BCUT2D eigenvalue weighted by atomic mass is 32.2. The van der Waals surface area contributed by atoms with E-state index in [0.717, 1.165) is 17.0 Å². The van der Waals surface area contributed by atoms with Gasteiger partial charge >= 0.3 is 0 Å². The van der Waals surface area contributed by atoms with Crippen LogP contribution in [0.25, 0.3) is 11.5 Å². The van der Waals surface area contributed by atoms with Crippen molar-refractivity contribution in [3.63, 3.8) is 0 Å². The van der Waals surface area contributed by atoms with Gasteiger partial charge in [-0.15, -0.1) is 0 Å². The number of rotatable bonds is 8. The number of aromatic nitrogens is 1. The molecule has 1 atom stereocenters. The van der Waals surface area contributed by atoms with Crippen LogP contribution in [-0.2, 0) is 16.6 Å². The predicted molar refractivity (Wildman–Crippen MR) is 114 cm³/mol. The summed E-state index contributed by atoms with van der Waals surface area (Å²) in [4.78, 5) is 19.5. The Balaban J connectivity index is 1.67. The van der Waals surface area contributed by atoms with Crippen LogP contribution in [0.5, 0.6) is 0 Å². The highest BCUT2D eigenvalue weighted by molar-refractivity contribution is 7.84. The first-order valence-electron chi connectivity index (χ1n) is 9.37. The second-order valence-electron chi connectivity index (χ2n) is 6.96. The van der Waals surface area contributed by atoms with Crippen molar-refractivity contribution in [3.05, 3.63) is 71.6 Å². The molecule has 1 N–H and O–H groups in total. The zero-order valence-corrected chi connectivity index (χ0v) is 17.7. The molecule has 6 nitrogen and oxygen atoms in total. The Labute approximate surface area is 173 Å². The summed E-state index contributed by atoms with van der Waals surface area (Å²) in [6.07, 6.45) is 0. The highest BCUT2D eigenvalue weighted by Crippen LogP contribution is 2.24. The molecule has 0 aliphatic carbocycles. The molecule has 0 bridgehead atoms. The zero-order valence-electron chi connectivity index (χ0n) is 16.8. The van der Waals surface area contributed by atoms with Crippen molar-refractivity contribution in [1.29, 1.82) is 0 Å². The molecular weight excluding hydrogens is 386 g/mol. The number of carbonyl (C=O) groups excluding carboxylic acids is 1. The second kappa shape index (κ2) is 9.62. The van der Waals surface area contributed by atoms with E-state index >= 15 is 0 Å². The lowest BCUT2D eigenvalue weighted by molar-refractivity contribution is 0.0951. The summed E-state index contributed by atoms with van der Waals surface area (Å²) in [5.41, 5.74) is 2.03. The summed E-state index contributed by atoms with van der Waals surface area (Å²) in [6, 6.07) is 16.4. The van der Waals surface area contributed by atoms with Gasteiger partial charge in [0.25, 0.3) is 5.91 Å². The van der Waals surface area contributed by atoms with Crippen molar-refractivity contribution in [1.82, 2.24) is 15.2 Å². The molecule has 7 heteroatoms. The van der Waals surface area contributed by atoms with Crippen molar-refractivity contribution >= 4 is 16.7 Å². The van der Waals surface area contributed by atoms with E-state index in [0.29, 0.717) is 35.2 Å². The first-order chi connectivity index (χ1) is 13.9. The Hall–Kier alpha value is -2.77. The molecule has 0 saturated heterocycles. The summed E-state index contributed by atoms with van der Waals surface area (Å²) in [5, 5.41) is 2.89. The molecule has 29 heavy (non-hydrogen) atoms. The van der Waals surface area contributed by atoms with Gasteiger partial charge in [-0.25, -0.2) is 4.98 Å². The smallest absolute Gasteiger partial charge is 0.251 e. The van der Waals surface area contributed by atoms with Gasteiger partial charge in [-0.05, 0) is 57.4 Å². The lowest BCUT2D eigenvalue weighted by Gasteiger charge is -2.10. The molecule has 152 valence electrons. The van der Waals surface area contributed by atoms with E-state index in [1.807, 2.05) is 68.4 Å². The fraction of sp³-hybridized carbons (Fsp3) is 0.273. The van der Waals surface area contributed by atoms with Crippen LogP contribution in [0.2, 0.25) is 0 Å². The maximum absolute atomic E-state index is 12.5. The molecule has 1 amide bonds. The third-order valence-electron chi connectivity index (χ3n) is 4.41. The van der Waals surface area contributed by atoms with Gasteiger partial charge in [-0.1, -0.05) is 18.2 Å². The molecule has 1 aromatic heterocycles. The molecule has 0 saturated carbocycles. The molecule has 0 aliphatic rings. The average Bonchev–Trinajstić information content (AvgIpc) is 3.08. The van der Waals surface area contributed by atoms with Crippen LogP contribution in [0.4, 0.5) is 0 Å². The first-order valence-corrected chi connectivity index (χ1v) is 10.7. The van der Waals surface area contributed by atoms with E-state index in [1.165, 1.54) is 0 Å². The Morgan fingerprint density at radius 1 is 1.10 bits per heavy atom. The quantitative estimate of drug-likeness (QED) is 0.616. The van der Waals surface area contributed by atoms with Crippen LogP contribution in [0.15, 0.2) is 63.9 Å². The van der Waals surface area contributed by atoms with Gasteiger partial charge in [-0.2, -0.15) is 0 Å². The van der Waals surface area contributed by atoms with Crippen molar-refractivity contribution < 1.29 is 13.4 Å². The molecule has 0 unspecified atom stereocenters. The van der Waals surface area contributed by atoms with Gasteiger partial charge in [-0.3, -0.25) is 9.00 Å². The standard InChI is InChI=1S/C22H25N3O3S/c1-16-20(15-29(27)19-7-5-4-6-8-19)24-22(28-16)18-11-9-17(10-12-18)21(26)23-13-14-25(2)3/h4-12H,13-15H2,1-3H3,(H,23,26)/t29-/m1/s1. The minimum Gasteiger partial charge on any atom is -0.441 e. The molecule has 0 fully saturated rings. The van der Waals surface area contributed by atoms with Crippen molar-refractivity contribution in [2.45, 2.75) is 17.6 Å². The monoisotopic (exact) mass is 411 g/mol. The Bertz CT molecular complexity index is 982. The Kier molecular flexibility index (Phi) is 6.95. The highest BCUT2D eigenvalue weighted by Gasteiger charge is 2.15. The van der Waals surface area contributed by atoms with Gasteiger partial charge < -0.3 is 14.6 Å². The van der Waals surface area contributed by atoms with E-state index in [-0.39, 0.29) is 5.91 Å². The zero-order chi connectivity index (χ0) is 20.8. The van der Waals surface area contributed by atoms with E-state index < -0.39 is 10.8 Å². The summed E-state index contributed by atoms with van der Waals surface area (Å²) < 4.78 is 18.3. The number of oxazole rings is 1. The van der Waals surface area contributed by atoms with Crippen LogP contribution >= 0.6 is 0 Å². The first kappa shape index (κ1) is 21.0. The topological polar surface area (TPSA) is 75.4 Å². The summed E-state index contributed by atoms with van der Waals surface area (Å²) >= 11 is 0. The number of hydrogen-bond donors (Lipinski definition) is 1. The molecular formula is C22H25N3O3S. The van der Waals surface area contributed by atoms with Crippen LogP contribution < -0.4 is 5.32 Å². The van der Waals surface area contributed by atoms with Gasteiger partial charge in [0.05, 0.1) is 22.2 Å². The second-order valence-corrected chi connectivity index (χ2v) is 8.41. The maximum atomic E-state index is 12.5. The fourth-order valence-electron chi connectivity index (χ4n) is 2.72. The van der Waals surface area contributed by atoms with E-state index in [2.05, 4.69) is 10.3 Å². The van der Waals surface area contributed by atoms with Crippen molar-refractivity contribution in [2.24, 2.45) is 0 Å². The largest absolute Gasteiger partial charge is 0.441 e. The van der Waals surface area contributed by atoms with Gasteiger partial charge in [0.1, 0.15) is 5.76 Å². The summed E-state index contributed by atoms with van der Waals surface area (Å²) in [6.45, 7) is 3.20. The maximum Gasteiger partial charge on any atom is 0.251 e. The SMILES string of the molecule is Cc1oc(-c2ccc(C(=O)NCCN(C)C)cc2)nc1C[S@@](=O)c1ccccc1. The van der Waals surface area contributed by atoms with E-state index in [4.69, 9.17) is 4.42 Å².